The smallest absolute Gasteiger partial charge is 0.168 e. The van der Waals surface area contributed by atoms with Crippen LogP contribution in [0.15, 0.2) is 30.5 Å². The summed E-state index contributed by atoms with van der Waals surface area (Å²) in [6, 6.07) is 9.11. The minimum atomic E-state index is 0.173. The normalized spacial score (nSPS) is 17.0. The second-order valence-corrected chi connectivity index (χ2v) is 8.06. The molecule has 0 bridgehead atoms. The molecule has 0 saturated heterocycles. The zero-order chi connectivity index (χ0) is 18.6. The molecule has 3 aromatic rings. The Hall–Kier alpha value is -2.21. The number of benzene rings is 1. The zero-order valence-electron chi connectivity index (χ0n) is 16.4. The molecular weight excluding hydrogens is 336 g/mol. The van der Waals surface area contributed by atoms with Gasteiger partial charge in [0.2, 0.25) is 0 Å². The Kier molecular flexibility index (Phi) is 5.53. The Labute approximate surface area is 160 Å². The molecule has 6 nitrogen and oxygen atoms in total. The van der Waals surface area contributed by atoms with Crippen LogP contribution in [0.4, 0.5) is 0 Å². The number of hydrogen-bond donors (Lipinski definition) is 2. The van der Waals surface area contributed by atoms with Gasteiger partial charge in [-0.05, 0) is 53.8 Å². The lowest BCUT2D eigenvalue weighted by Gasteiger charge is -2.27. The molecule has 1 aliphatic carbocycles. The minimum absolute atomic E-state index is 0.173. The number of nitrogens with zero attached hydrogens (tertiary/aromatic N) is 4. The van der Waals surface area contributed by atoms with Crippen molar-refractivity contribution in [2.24, 2.45) is 5.92 Å². The maximum atomic E-state index is 4.41. The lowest BCUT2D eigenvalue weighted by molar-refractivity contribution is 0.293. The Morgan fingerprint density at radius 1 is 1.19 bits per heavy atom. The molecule has 1 aromatic carbocycles. The van der Waals surface area contributed by atoms with Gasteiger partial charge in [-0.25, -0.2) is 4.68 Å². The summed E-state index contributed by atoms with van der Waals surface area (Å²) in [5.41, 5.74) is 2.56. The summed E-state index contributed by atoms with van der Waals surface area (Å²) < 4.78 is 2.10. The first-order chi connectivity index (χ1) is 13.2. The zero-order valence-corrected chi connectivity index (χ0v) is 16.4. The molecule has 0 aliphatic heterocycles. The van der Waals surface area contributed by atoms with E-state index in [0.717, 1.165) is 18.8 Å². The highest BCUT2D eigenvalue weighted by atomic mass is 15.6. The van der Waals surface area contributed by atoms with Gasteiger partial charge in [0, 0.05) is 17.1 Å². The van der Waals surface area contributed by atoms with Crippen LogP contribution in [0.1, 0.15) is 69.4 Å². The second kappa shape index (κ2) is 8.21. The van der Waals surface area contributed by atoms with Crippen molar-refractivity contribution in [3.8, 4) is 0 Å². The van der Waals surface area contributed by atoms with Crippen LogP contribution in [0, 0.1) is 5.92 Å². The quantitative estimate of drug-likeness (QED) is 0.658. The van der Waals surface area contributed by atoms with E-state index >= 15 is 0 Å². The topological polar surface area (TPSA) is 71.4 Å². The van der Waals surface area contributed by atoms with Gasteiger partial charge in [0.15, 0.2) is 5.82 Å². The monoisotopic (exact) mass is 366 g/mol. The molecule has 1 saturated carbocycles. The highest BCUT2D eigenvalue weighted by Gasteiger charge is 2.26. The molecule has 2 N–H and O–H groups in total. The van der Waals surface area contributed by atoms with Crippen molar-refractivity contribution >= 4 is 10.9 Å². The second-order valence-electron chi connectivity index (χ2n) is 8.06. The number of nitrogens with one attached hydrogen (secondary N) is 2. The van der Waals surface area contributed by atoms with Crippen LogP contribution in [0.2, 0.25) is 0 Å². The van der Waals surface area contributed by atoms with E-state index in [-0.39, 0.29) is 6.04 Å². The maximum Gasteiger partial charge on any atom is 0.168 e. The van der Waals surface area contributed by atoms with Gasteiger partial charge in [-0.15, -0.1) is 5.10 Å². The van der Waals surface area contributed by atoms with Gasteiger partial charge in [0.25, 0.3) is 0 Å². The van der Waals surface area contributed by atoms with Gasteiger partial charge >= 0.3 is 0 Å². The van der Waals surface area contributed by atoms with Crippen LogP contribution in [-0.2, 0) is 6.42 Å². The third kappa shape index (κ3) is 3.90. The molecule has 2 heterocycles. The van der Waals surface area contributed by atoms with E-state index in [1.807, 2.05) is 0 Å². The molecule has 1 atom stereocenters. The third-order valence-corrected chi connectivity index (χ3v) is 5.82. The molecule has 0 unspecified atom stereocenters. The van der Waals surface area contributed by atoms with Crippen molar-refractivity contribution in [2.75, 3.05) is 6.54 Å². The molecule has 0 radical (unpaired) electrons. The molecule has 0 amide bonds. The molecule has 2 aromatic heterocycles. The average molecular weight is 367 g/mol. The van der Waals surface area contributed by atoms with Gasteiger partial charge in [-0.3, -0.25) is 0 Å². The van der Waals surface area contributed by atoms with E-state index < -0.39 is 0 Å². The first kappa shape index (κ1) is 18.2. The highest BCUT2D eigenvalue weighted by molar-refractivity contribution is 5.83. The molecule has 27 heavy (non-hydrogen) atoms. The van der Waals surface area contributed by atoms with Crippen LogP contribution in [0.3, 0.4) is 0 Å². The molecule has 6 heteroatoms. The van der Waals surface area contributed by atoms with Crippen LogP contribution in [-0.4, -0.2) is 31.7 Å². The summed E-state index contributed by atoms with van der Waals surface area (Å²) in [4.78, 5) is 3.36. The van der Waals surface area contributed by atoms with E-state index in [9.17, 15) is 0 Å². The summed E-state index contributed by atoms with van der Waals surface area (Å²) in [6.45, 7) is 5.38. The fraction of sp³-hybridized carbons (Fsp3) is 0.571. The SMILES string of the molecule is CC(C)[C@H](NCCc1c[nH]c2ccccc12)c1nnnn1C1CCCCC1. The average Bonchev–Trinajstić information content (AvgIpc) is 3.33. The Balaban J connectivity index is 1.45. The molecular formula is C21H30N6. The van der Waals surface area contributed by atoms with Crippen molar-refractivity contribution < 1.29 is 0 Å². The number of rotatable bonds is 7. The van der Waals surface area contributed by atoms with Crippen LogP contribution in [0.25, 0.3) is 10.9 Å². The number of aromatic amines is 1. The molecule has 4 rings (SSSR count). The van der Waals surface area contributed by atoms with Crippen molar-refractivity contribution in [3.05, 3.63) is 41.9 Å². The van der Waals surface area contributed by atoms with Crippen LogP contribution < -0.4 is 5.32 Å². The van der Waals surface area contributed by atoms with E-state index in [4.69, 9.17) is 0 Å². The summed E-state index contributed by atoms with van der Waals surface area (Å²) >= 11 is 0. The van der Waals surface area contributed by atoms with Gasteiger partial charge in [-0.2, -0.15) is 0 Å². The Morgan fingerprint density at radius 2 is 2.00 bits per heavy atom. The summed E-state index contributed by atoms with van der Waals surface area (Å²) in [6.07, 6.45) is 9.40. The van der Waals surface area contributed by atoms with E-state index in [2.05, 4.69) is 74.8 Å². The lowest BCUT2D eigenvalue weighted by Crippen LogP contribution is -2.31. The van der Waals surface area contributed by atoms with Gasteiger partial charge in [-0.1, -0.05) is 51.3 Å². The van der Waals surface area contributed by atoms with Crippen molar-refractivity contribution in [1.29, 1.82) is 0 Å². The minimum Gasteiger partial charge on any atom is -0.361 e. The predicted octanol–water partition coefficient (Wildman–Crippen LogP) is 4.19. The van der Waals surface area contributed by atoms with E-state index in [1.54, 1.807) is 0 Å². The van der Waals surface area contributed by atoms with Crippen molar-refractivity contribution in [3.63, 3.8) is 0 Å². The summed E-state index contributed by atoms with van der Waals surface area (Å²) in [5, 5.41) is 17.8. The van der Waals surface area contributed by atoms with Gasteiger partial charge < -0.3 is 10.3 Å². The first-order valence-electron chi connectivity index (χ1n) is 10.3. The largest absolute Gasteiger partial charge is 0.361 e. The van der Waals surface area contributed by atoms with Crippen LogP contribution in [0.5, 0.6) is 0 Å². The number of para-hydroxylation sites is 1. The van der Waals surface area contributed by atoms with Gasteiger partial charge in [0.1, 0.15) is 0 Å². The molecule has 0 spiro atoms. The Morgan fingerprint density at radius 3 is 2.81 bits per heavy atom. The number of H-pyrrole nitrogens is 1. The lowest BCUT2D eigenvalue weighted by atomic mass is 9.95. The number of hydrogen-bond acceptors (Lipinski definition) is 4. The molecule has 1 aliphatic rings. The standard InChI is InChI=1S/C21H30N6/c1-15(2)20(21-24-25-26-27(21)17-8-4-3-5-9-17)22-13-12-16-14-23-19-11-7-6-10-18(16)19/h6-7,10-11,14-15,17,20,22-23H,3-5,8-9,12-13H2,1-2H3/t20-/m0/s1. The summed E-state index contributed by atoms with van der Waals surface area (Å²) in [7, 11) is 0. The maximum absolute atomic E-state index is 4.41. The van der Waals surface area contributed by atoms with E-state index in [1.165, 1.54) is 48.6 Å². The fourth-order valence-corrected chi connectivity index (χ4v) is 4.32. The number of aromatic nitrogens is 5. The Bertz CT molecular complexity index is 858. The van der Waals surface area contributed by atoms with Crippen LogP contribution >= 0.6 is 0 Å². The number of tetrazole rings is 1. The van der Waals surface area contributed by atoms with Crippen molar-refractivity contribution in [1.82, 2.24) is 30.5 Å². The first-order valence-corrected chi connectivity index (χ1v) is 10.3. The van der Waals surface area contributed by atoms with Gasteiger partial charge in [0.05, 0.1) is 12.1 Å². The van der Waals surface area contributed by atoms with E-state index in [0.29, 0.717) is 12.0 Å². The number of fused-ring (bicyclic) bond motifs is 1. The highest BCUT2D eigenvalue weighted by Crippen LogP contribution is 2.30. The molecule has 144 valence electrons. The van der Waals surface area contributed by atoms with Crippen molar-refractivity contribution in [2.45, 2.75) is 64.5 Å². The predicted molar refractivity (Wildman–Crippen MR) is 108 cm³/mol. The molecule has 1 fully saturated rings. The fourth-order valence-electron chi connectivity index (χ4n) is 4.32. The summed E-state index contributed by atoms with van der Waals surface area (Å²) in [5.74, 6) is 1.43. The third-order valence-electron chi connectivity index (χ3n) is 5.82.